The van der Waals surface area contributed by atoms with Crippen LogP contribution in [0.25, 0.3) is 0 Å². The van der Waals surface area contributed by atoms with E-state index in [0.29, 0.717) is 211 Å². The number of nitrogens with zero attached hydrogens (tertiary/aromatic N) is 3. The minimum absolute atomic E-state index is 0.0354. The lowest BCUT2D eigenvalue weighted by Crippen LogP contribution is -2.60. The zero-order valence-electron chi connectivity index (χ0n) is 85.1. The number of nitro groups is 1. The number of non-ortho nitro benzene ring substituents is 1. The fraction of sp³-hybridized carbons (Fsp3) is 0.723. The summed E-state index contributed by atoms with van der Waals surface area (Å²) in [6, 6.07) is -4.75. The summed E-state index contributed by atoms with van der Waals surface area (Å²) in [5.74, 6) is -9.08. The number of carbonyl (C=O) groups is 16. The number of aliphatic hydroxyl groups excluding tert-OH is 2. The summed E-state index contributed by atoms with van der Waals surface area (Å²) in [4.78, 5) is 210. The smallest absolute Gasteiger partial charge is 0.322 e. The SMILES string of the molecule is C#CCOCCOCCOCCOCCOCCOCCOCCOCCC(=O)N[C@@H](CC(C)C)C(=O)N1CCC[C@H]1C(=O)N[C@@H](CCC(=O)O)C(=O)N[C@H](C(=O)NCC(=O)NCC(=O)O)[C@@H](C)O.C#CCOCCOCCOCCOCCOCCOCCOCCOCCC(=O)Oc1ccc([N+](=O)[O-])cc1.CC(C)C[C@H](N)C(=O)N1CCC[C@H]1C(=O)N[C@@H](CCC(=O)O)C(=O)N[C@H](C(=O)NCC(=O)NCC(=O)O)[C@@H](C)O. The molecule has 0 saturated carbocycles. The summed E-state index contributed by atoms with van der Waals surface area (Å²) in [5, 5.41) is 87.2. The number of nitrogens with one attached hydrogen (secondary N) is 9. The average molecular weight is 2120 g/mol. The van der Waals surface area contributed by atoms with E-state index in [1.807, 2.05) is 38.3 Å². The molecule has 2 fully saturated rings. The number of carbonyl (C=O) groups excluding carboxylic acids is 12. The summed E-state index contributed by atoms with van der Waals surface area (Å²) < 4.78 is 91.1. The van der Waals surface area contributed by atoms with E-state index in [1.165, 1.54) is 47.9 Å². The van der Waals surface area contributed by atoms with Crippen LogP contribution >= 0.6 is 0 Å². The lowest BCUT2D eigenvalue weighted by atomic mass is 10.0. The number of ether oxygens (including phenoxy) is 17. The van der Waals surface area contributed by atoms with Crippen molar-refractivity contribution in [2.75, 3.05) is 251 Å². The third-order valence-corrected chi connectivity index (χ3v) is 20.2. The highest BCUT2D eigenvalue weighted by Crippen LogP contribution is 2.24. The molecule has 840 valence electrons. The molecule has 2 aliphatic rings. The fourth-order valence-electron chi connectivity index (χ4n) is 13.0. The van der Waals surface area contributed by atoms with Crippen molar-refractivity contribution in [2.24, 2.45) is 17.6 Å². The predicted octanol–water partition coefficient (Wildman–Crippen LogP) is -4.26. The highest BCUT2D eigenvalue weighted by atomic mass is 16.6. The van der Waals surface area contributed by atoms with Crippen LogP contribution in [-0.2, 0) is 153 Å². The maximum Gasteiger partial charge on any atom is 0.322 e. The standard InChI is InChI=1S/C44H74N6O19.C26H39NO12.C24H40N6O10/c1-5-12-62-14-16-64-18-20-66-22-24-68-26-27-69-25-23-67-21-19-65-17-15-63-13-10-36(52)47-34(28-31(2)3)44(61)50-11-6-7-35(50)42(59)48-33(8-9-38(54)55)41(58)49-40(32(4)51)43(60)46-29-37(53)45-30-39(56)57;1-2-8-31-10-12-33-14-16-35-18-20-37-22-23-38-21-19-36-17-15-34-13-11-32-9-7-26(28)39-25-5-3-24(4-6-25)27(29)30;1-12(2)9-14(25)24(40)30-8-4-5-16(30)22(38)28-15(6-7-18(33)34)21(37)29-20(13(3)31)23(39)27-10-17(32)26-11-19(35)36/h1,31-35,40,51H,6-30H2,2-4H3,(H,45,53)(H,46,60)(H,47,52)(H,48,59)(H,49,58)(H,54,55)(H,56,57);1,3-6H,7-23H2;12-16,20,31H,4-11,25H2,1-3H3,(H,26,32)(H,27,39)(H,28,38)(H,29,37)(H,33,34)(H,35,36)/t32-,33+,34+,35+,40+;;13-,14+,15+,16+,20+/m1.1/s1. The maximum atomic E-state index is 13.9. The normalized spacial score (nSPS) is 14.7. The minimum Gasteiger partial charge on any atom is -0.481 e. The molecular weight excluding hydrogens is 1970 g/mol. The Kier molecular flexibility index (Phi) is 77.5. The number of likely N-dealkylation sites (tertiary alicyclic amines) is 2. The van der Waals surface area contributed by atoms with Crippen molar-refractivity contribution in [3.63, 3.8) is 0 Å². The van der Waals surface area contributed by atoms with Gasteiger partial charge in [-0.3, -0.25) is 86.8 Å². The van der Waals surface area contributed by atoms with Crippen molar-refractivity contribution in [3.8, 4) is 30.4 Å². The molecule has 54 nitrogen and oxygen atoms in total. The van der Waals surface area contributed by atoms with E-state index in [1.54, 1.807) is 0 Å². The van der Waals surface area contributed by atoms with Crippen LogP contribution in [-0.4, -0.2) is 451 Å². The number of hydrogen-bond acceptors (Lipinski definition) is 38. The number of aliphatic carboxylic acids is 4. The van der Waals surface area contributed by atoms with E-state index in [-0.39, 0.29) is 95.0 Å². The Morgan fingerprint density at radius 1 is 0.385 bits per heavy atom. The van der Waals surface area contributed by atoms with Gasteiger partial charge in [-0.1, -0.05) is 39.5 Å². The van der Waals surface area contributed by atoms with Gasteiger partial charge in [0.25, 0.3) is 5.69 Å². The van der Waals surface area contributed by atoms with Gasteiger partial charge in [-0.05, 0) is 89.2 Å². The largest absolute Gasteiger partial charge is 0.481 e. The molecule has 0 unspecified atom stereocenters. The number of amides is 11. The lowest BCUT2D eigenvalue weighted by Gasteiger charge is -2.31. The molecule has 0 aliphatic carbocycles. The maximum absolute atomic E-state index is 13.9. The van der Waals surface area contributed by atoms with Crippen LogP contribution in [0, 0.1) is 46.6 Å². The molecule has 54 heteroatoms. The predicted molar refractivity (Wildman–Crippen MR) is 519 cm³/mol. The molecule has 0 bridgehead atoms. The Balaban J connectivity index is 0.00000119. The van der Waals surface area contributed by atoms with Gasteiger partial charge in [0.15, 0.2) is 0 Å². The molecule has 3 rings (SSSR count). The van der Waals surface area contributed by atoms with Gasteiger partial charge in [-0.15, -0.1) is 12.8 Å². The van der Waals surface area contributed by atoms with Crippen LogP contribution in [0.15, 0.2) is 24.3 Å². The van der Waals surface area contributed by atoms with Crippen molar-refractivity contribution in [1.29, 1.82) is 0 Å². The molecular formula is C94H153N13O41. The number of nitrogens with two attached hydrogens (primary N) is 1. The van der Waals surface area contributed by atoms with Crippen LogP contribution in [0.5, 0.6) is 5.75 Å². The number of carboxylic acid groups (broad SMARTS) is 4. The Labute approximate surface area is 859 Å². The zero-order valence-corrected chi connectivity index (χ0v) is 85.1. The molecule has 0 radical (unpaired) electrons. The number of aliphatic hydroxyl groups is 2. The van der Waals surface area contributed by atoms with Gasteiger partial charge in [0.05, 0.1) is 241 Å². The molecule has 2 saturated heterocycles. The third kappa shape index (κ3) is 68.9. The molecule has 11 amide bonds. The molecule has 148 heavy (non-hydrogen) atoms. The van der Waals surface area contributed by atoms with Gasteiger partial charge >= 0.3 is 29.8 Å². The first-order chi connectivity index (χ1) is 70.8. The molecule has 17 N–H and O–H groups in total. The second-order valence-electron chi connectivity index (χ2n) is 33.4. The van der Waals surface area contributed by atoms with E-state index in [0.717, 1.165) is 0 Å². The molecule has 2 heterocycles. The average Bonchev–Trinajstić information content (AvgIpc) is 1.67. The molecule has 2 aliphatic heterocycles. The monoisotopic (exact) mass is 2120 g/mol. The van der Waals surface area contributed by atoms with Crippen molar-refractivity contribution < 1.29 is 193 Å². The van der Waals surface area contributed by atoms with E-state index < -0.39 is 206 Å². The highest BCUT2D eigenvalue weighted by Gasteiger charge is 2.42. The van der Waals surface area contributed by atoms with Crippen LogP contribution in [0.4, 0.5) is 5.69 Å². The first-order valence-electron chi connectivity index (χ1n) is 48.6. The number of terminal acetylenes is 2. The van der Waals surface area contributed by atoms with Crippen molar-refractivity contribution in [2.45, 2.75) is 179 Å². The van der Waals surface area contributed by atoms with E-state index >= 15 is 0 Å². The molecule has 1 aromatic rings. The molecule has 10 atom stereocenters. The molecule has 1 aromatic carbocycles. The van der Waals surface area contributed by atoms with Gasteiger partial charge in [-0.25, -0.2) is 0 Å². The Bertz CT molecular complexity index is 4110. The van der Waals surface area contributed by atoms with Crippen molar-refractivity contribution >= 4 is 101 Å². The summed E-state index contributed by atoms with van der Waals surface area (Å²) in [7, 11) is 0. The number of benzene rings is 1. The minimum atomic E-state index is -1.66. The fourth-order valence-corrected chi connectivity index (χ4v) is 13.0. The molecule has 0 aromatic heterocycles. The lowest BCUT2D eigenvalue weighted by molar-refractivity contribution is -0.384. The number of hydrogen-bond donors (Lipinski definition) is 16. The number of esters is 1. The second kappa shape index (κ2) is 85.3. The Hall–Kier alpha value is -11.5. The molecule has 0 spiro atoms. The van der Waals surface area contributed by atoms with Crippen LogP contribution in [0.3, 0.4) is 0 Å². The number of nitro benzene ring substituents is 1. The third-order valence-electron chi connectivity index (χ3n) is 20.2. The van der Waals surface area contributed by atoms with E-state index in [2.05, 4.69) is 49.1 Å². The Morgan fingerprint density at radius 2 is 0.696 bits per heavy atom. The number of rotatable bonds is 85. The van der Waals surface area contributed by atoms with Gasteiger partial charge < -0.3 is 175 Å². The van der Waals surface area contributed by atoms with Gasteiger partial charge in [0, 0.05) is 44.5 Å². The van der Waals surface area contributed by atoms with Crippen molar-refractivity contribution in [1.82, 2.24) is 57.7 Å². The van der Waals surface area contributed by atoms with Crippen molar-refractivity contribution in [3.05, 3.63) is 34.4 Å². The summed E-state index contributed by atoms with van der Waals surface area (Å²) in [6.07, 6.45) is 7.40. The van der Waals surface area contributed by atoms with Crippen LogP contribution in [0.1, 0.15) is 119 Å². The Morgan fingerprint density at radius 3 is 0.993 bits per heavy atom. The first kappa shape index (κ1) is 135. The van der Waals surface area contributed by atoms with Crippen LogP contribution < -0.4 is 58.3 Å². The van der Waals surface area contributed by atoms with E-state index in [4.69, 9.17) is 114 Å². The van der Waals surface area contributed by atoms with Gasteiger partial charge in [0.2, 0.25) is 65.0 Å². The summed E-state index contributed by atoms with van der Waals surface area (Å²) in [5.41, 5.74) is 5.94. The summed E-state index contributed by atoms with van der Waals surface area (Å²) >= 11 is 0. The second-order valence-corrected chi connectivity index (χ2v) is 33.4. The van der Waals surface area contributed by atoms with Crippen LogP contribution in [0.2, 0.25) is 0 Å². The quantitative estimate of drug-likeness (QED) is 0.00733. The topological polar surface area (TPSA) is 735 Å². The van der Waals surface area contributed by atoms with Gasteiger partial charge in [-0.2, -0.15) is 0 Å². The number of carboxylic acids is 4. The van der Waals surface area contributed by atoms with Gasteiger partial charge in [0.1, 0.15) is 74.3 Å². The highest BCUT2D eigenvalue weighted by molar-refractivity contribution is 5.98. The zero-order chi connectivity index (χ0) is 110. The van der Waals surface area contributed by atoms with E-state index in [9.17, 15) is 102 Å². The summed E-state index contributed by atoms with van der Waals surface area (Å²) in [6.45, 7) is 20.2. The first-order valence-corrected chi connectivity index (χ1v) is 48.6.